The zero-order valence-corrected chi connectivity index (χ0v) is 13.6. The number of amides is 2. The number of rotatable bonds is 4. The smallest absolute Gasteiger partial charge is 0.254 e. The van der Waals surface area contributed by atoms with Gasteiger partial charge in [0.05, 0.1) is 6.04 Å². The molecule has 0 heterocycles. The number of halogens is 2. The standard InChI is InChI=1S/C18H18F2N2O2/c1-11(13-7-8-16(19)17(20)10-13)22(3)18(24)14-5-4-6-15(9-14)21-12(2)23/h4-11H,1-3H3,(H,21,23). The molecule has 126 valence electrons. The fourth-order valence-corrected chi connectivity index (χ4v) is 2.31. The minimum absolute atomic E-state index is 0.233. The lowest BCUT2D eigenvalue weighted by molar-refractivity contribution is -0.114. The minimum atomic E-state index is -0.951. The Morgan fingerprint density at radius 1 is 1.08 bits per heavy atom. The lowest BCUT2D eigenvalue weighted by Crippen LogP contribution is -2.29. The summed E-state index contributed by atoms with van der Waals surface area (Å²) in [6.07, 6.45) is 0. The van der Waals surface area contributed by atoms with E-state index in [1.54, 1.807) is 38.2 Å². The SMILES string of the molecule is CC(=O)Nc1cccc(C(=O)N(C)C(C)c2ccc(F)c(F)c2)c1. The van der Waals surface area contributed by atoms with Gasteiger partial charge in [0.1, 0.15) is 0 Å². The second-order valence-electron chi connectivity index (χ2n) is 5.53. The Morgan fingerprint density at radius 2 is 1.79 bits per heavy atom. The summed E-state index contributed by atoms with van der Waals surface area (Å²) in [6.45, 7) is 3.11. The third kappa shape index (κ3) is 3.95. The molecule has 0 aliphatic carbocycles. The van der Waals surface area contributed by atoms with Gasteiger partial charge < -0.3 is 10.2 Å². The van der Waals surface area contributed by atoms with E-state index in [2.05, 4.69) is 5.32 Å². The van der Waals surface area contributed by atoms with Crippen LogP contribution in [0, 0.1) is 11.6 Å². The highest BCUT2D eigenvalue weighted by Gasteiger charge is 2.20. The van der Waals surface area contributed by atoms with E-state index in [4.69, 9.17) is 0 Å². The Labute approximate surface area is 139 Å². The van der Waals surface area contributed by atoms with Crippen molar-refractivity contribution in [3.8, 4) is 0 Å². The van der Waals surface area contributed by atoms with Gasteiger partial charge in [0.15, 0.2) is 11.6 Å². The molecule has 2 aromatic carbocycles. The van der Waals surface area contributed by atoms with Crippen LogP contribution in [0.25, 0.3) is 0 Å². The van der Waals surface area contributed by atoms with Gasteiger partial charge in [-0.3, -0.25) is 9.59 Å². The average Bonchev–Trinajstić information content (AvgIpc) is 2.55. The quantitative estimate of drug-likeness (QED) is 0.927. The summed E-state index contributed by atoms with van der Waals surface area (Å²) in [7, 11) is 1.58. The van der Waals surface area contributed by atoms with Crippen LogP contribution in [0.5, 0.6) is 0 Å². The van der Waals surface area contributed by atoms with Crippen LogP contribution in [0.2, 0.25) is 0 Å². The van der Waals surface area contributed by atoms with Crippen molar-refractivity contribution in [2.45, 2.75) is 19.9 Å². The molecule has 0 saturated heterocycles. The molecular formula is C18H18F2N2O2. The topological polar surface area (TPSA) is 49.4 Å². The fourth-order valence-electron chi connectivity index (χ4n) is 2.31. The van der Waals surface area contributed by atoms with Crippen molar-refractivity contribution in [2.24, 2.45) is 0 Å². The predicted molar refractivity (Wildman–Crippen MR) is 87.6 cm³/mol. The Kier molecular flexibility index (Phi) is 5.28. The van der Waals surface area contributed by atoms with E-state index in [0.717, 1.165) is 12.1 Å². The summed E-state index contributed by atoms with van der Waals surface area (Å²) in [5.41, 5.74) is 1.39. The summed E-state index contributed by atoms with van der Waals surface area (Å²) < 4.78 is 26.4. The Hall–Kier alpha value is -2.76. The van der Waals surface area contributed by atoms with Crippen LogP contribution >= 0.6 is 0 Å². The summed E-state index contributed by atoms with van der Waals surface area (Å²) in [5, 5.41) is 2.61. The lowest BCUT2D eigenvalue weighted by atomic mass is 10.1. The summed E-state index contributed by atoms with van der Waals surface area (Å²) in [6, 6.07) is 9.65. The molecule has 1 atom stereocenters. The minimum Gasteiger partial charge on any atom is -0.335 e. The molecule has 1 N–H and O–H groups in total. The molecule has 0 fully saturated rings. The van der Waals surface area contributed by atoms with Crippen LogP contribution in [0.4, 0.5) is 14.5 Å². The van der Waals surface area contributed by atoms with Gasteiger partial charge in [0.25, 0.3) is 5.91 Å². The van der Waals surface area contributed by atoms with Crippen molar-refractivity contribution < 1.29 is 18.4 Å². The molecule has 0 aliphatic heterocycles. The van der Waals surface area contributed by atoms with Gasteiger partial charge in [-0.2, -0.15) is 0 Å². The third-order valence-electron chi connectivity index (χ3n) is 3.76. The highest BCUT2D eigenvalue weighted by atomic mass is 19.2. The van der Waals surface area contributed by atoms with Crippen molar-refractivity contribution in [1.29, 1.82) is 0 Å². The molecule has 6 heteroatoms. The zero-order chi connectivity index (χ0) is 17.9. The van der Waals surface area contributed by atoms with Crippen molar-refractivity contribution in [3.05, 3.63) is 65.2 Å². The Morgan fingerprint density at radius 3 is 2.42 bits per heavy atom. The predicted octanol–water partition coefficient (Wildman–Crippen LogP) is 3.76. The van der Waals surface area contributed by atoms with Gasteiger partial charge in [0, 0.05) is 25.2 Å². The van der Waals surface area contributed by atoms with Gasteiger partial charge in [-0.25, -0.2) is 8.78 Å². The molecule has 2 aromatic rings. The molecule has 0 spiro atoms. The third-order valence-corrected chi connectivity index (χ3v) is 3.76. The first-order chi connectivity index (χ1) is 11.3. The van der Waals surface area contributed by atoms with E-state index >= 15 is 0 Å². The number of anilines is 1. The Bertz CT molecular complexity index is 777. The van der Waals surface area contributed by atoms with Crippen LogP contribution in [0.1, 0.15) is 35.8 Å². The molecular weight excluding hydrogens is 314 g/mol. The van der Waals surface area contributed by atoms with E-state index in [9.17, 15) is 18.4 Å². The van der Waals surface area contributed by atoms with E-state index in [-0.39, 0.29) is 11.8 Å². The summed E-state index contributed by atoms with van der Waals surface area (Å²) >= 11 is 0. The van der Waals surface area contributed by atoms with Gasteiger partial charge in [-0.1, -0.05) is 12.1 Å². The number of carbonyl (C=O) groups is 2. The van der Waals surface area contributed by atoms with Crippen molar-refractivity contribution in [1.82, 2.24) is 4.90 Å². The highest BCUT2D eigenvalue weighted by Crippen LogP contribution is 2.23. The van der Waals surface area contributed by atoms with Crippen LogP contribution in [0.3, 0.4) is 0 Å². The van der Waals surface area contributed by atoms with Crippen LogP contribution in [-0.4, -0.2) is 23.8 Å². The molecule has 2 rings (SSSR count). The normalized spacial score (nSPS) is 11.7. The van der Waals surface area contributed by atoms with Gasteiger partial charge in [-0.05, 0) is 42.8 Å². The molecule has 0 saturated carbocycles. The highest BCUT2D eigenvalue weighted by molar-refractivity contribution is 5.96. The van der Waals surface area contributed by atoms with E-state index in [1.807, 2.05) is 0 Å². The summed E-state index contributed by atoms with van der Waals surface area (Å²) in [5.74, 6) is -2.40. The van der Waals surface area contributed by atoms with Crippen molar-refractivity contribution >= 4 is 17.5 Å². The number of hydrogen-bond donors (Lipinski definition) is 1. The van der Waals surface area contributed by atoms with Gasteiger partial charge >= 0.3 is 0 Å². The number of hydrogen-bond acceptors (Lipinski definition) is 2. The second kappa shape index (κ2) is 7.21. The average molecular weight is 332 g/mol. The maximum atomic E-state index is 13.4. The van der Waals surface area contributed by atoms with Crippen LogP contribution in [0.15, 0.2) is 42.5 Å². The summed E-state index contributed by atoms with van der Waals surface area (Å²) in [4.78, 5) is 25.1. The molecule has 4 nitrogen and oxygen atoms in total. The largest absolute Gasteiger partial charge is 0.335 e. The number of nitrogens with one attached hydrogen (secondary N) is 1. The fraction of sp³-hybridized carbons (Fsp3) is 0.222. The van der Waals surface area contributed by atoms with Gasteiger partial charge in [0.2, 0.25) is 5.91 Å². The van der Waals surface area contributed by atoms with Crippen molar-refractivity contribution in [3.63, 3.8) is 0 Å². The first-order valence-corrected chi connectivity index (χ1v) is 7.39. The molecule has 0 radical (unpaired) electrons. The van der Waals surface area contributed by atoms with Crippen LogP contribution < -0.4 is 5.32 Å². The molecule has 2 amide bonds. The van der Waals surface area contributed by atoms with Crippen molar-refractivity contribution in [2.75, 3.05) is 12.4 Å². The van der Waals surface area contributed by atoms with E-state index in [1.165, 1.54) is 17.9 Å². The number of benzene rings is 2. The Balaban J connectivity index is 2.22. The number of carbonyl (C=O) groups excluding carboxylic acids is 2. The molecule has 1 unspecified atom stereocenters. The van der Waals surface area contributed by atoms with E-state index in [0.29, 0.717) is 16.8 Å². The maximum Gasteiger partial charge on any atom is 0.254 e. The molecule has 0 aromatic heterocycles. The van der Waals surface area contributed by atoms with Crippen LogP contribution in [-0.2, 0) is 4.79 Å². The lowest BCUT2D eigenvalue weighted by Gasteiger charge is -2.25. The first kappa shape index (κ1) is 17.6. The zero-order valence-electron chi connectivity index (χ0n) is 13.6. The molecule has 0 aliphatic rings. The monoisotopic (exact) mass is 332 g/mol. The van der Waals surface area contributed by atoms with Gasteiger partial charge in [-0.15, -0.1) is 0 Å². The van der Waals surface area contributed by atoms with E-state index < -0.39 is 17.7 Å². The molecule has 24 heavy (non-hydrogen) atoms. The number of nitrogens with zero attached hydrogens (tertiary/aromatic N) is 1. The molecule has 0 bridgehead atoms. The first-order valence-electron chi connectivity index (χ1n) is 7.39. The maximum absolute atomic E-state index is 13.4. The second-order valence-corrected chi connectivity index (χ2v) is 5.53.